The lowest BCUT2D eigenvalue weighted by molar-refractivity contribution is -0.122. The van der Waals surface area contributed by atoms with Crippen molar-refractivity contribution in [2.24, 2.45) is 17.8 Å². The average Bonchev–Trinajstić information content (AvgIpc) is 2.94. The van der Waals surface area contributed by atoms with Crippen LogP contribution in [0.15, 0.2) is 24.7 Å². The van der Waals surface area contributed by atoms with E-state index in [-0.39, 0.29) is 23.5 Å². The summed E-state index contributed by atoms with van der Waals surface area (Å²) in [6, 6.07) is 4.17. The minimum absolute atomic E-state index is 0.0354. The van der Waals surface area contributed by atoms with Gasteiger partial charge in [-0.05, 0) is 49.1 Å². The topological polar surface area (TPSA) is 51.4 Å². The number of pyridine rings is 1. The SMILES string of the molecule is O=C1CC2CC1CC2C(=O)c1c(C2CC2)ccc2cncn12. The van der Waals surface area contributed by atoms with E-state index in [1.807, 2.05) is 4.40 Å². The predicted octanol–water partition coefficient (Wildman–Crippen LogP) is 3.01. The first-order valence-electron chi connectivity index (χ1n) is 8.24. The highest BCUT2D eigenvalue weighted by molar-refractivity contribution is 6.01. The van der Waals surface area contributed by atoms with Crippen molar-refractivity contribution in [3.63, 3.8) is 0 Å². The molecule has 3 atom stereocenters. The van der Waals surface area contributed by atoms with Gasteiger partial charge in [0.1, 0.15) is 5.78 Å². The molecule has 2 aromatic heterocycles. The Morgan fingerprint density at radius 1 is 1.18 bits per heavy atom. The van der Waals surface area contributed by atoms with Crippen LogP contribution >= 0.6 is 0 Å². The number of Topliss-reactive ketones (excluding diaryl/α,β-unsaturated/α-hetero) is 2. The molecule has 0 N–H and O–H groups in total. The second-order valence-electron chi connectivity index (χ2n) is 7.17. The maximum Gasteiger partial charge on any atom is 0.183 e. The van der Waals surface area contributed by atoms with E-state index < -0.39 is 0 Å². The zero-order chi connectivity index (χ0) is 14.8. The Balaban J connectivity index is 1.61. The van der Waals surface area contributed by atoms with Crippen LogP contribution in [0.5, 0.6) is 0 Å². The number of rotatable bonds is 3. The van der Waals surface area contributed by atoms with Crippen LogP contribution in [-0.4, -0.2) is 21.0 Å². The third-order valence-corrected chi connectivity index (χ3v) is 5.82. The first-order valence-corrected chi connectivity index (χ1v) is 8.24. The highest BCUT2D eigenvalue weighted by Crippen LogP contribution is 2.49. The molecule has 0 spiro atoms. The number of fused-ring (bicyclic) bond motifs is 3. The molecule has 3 fully saturated rings. The van der Waals surface area contributed by atoms with Crippen molar-refractivity contribution in [3.8, 4) is 0 Å². The molecule has 112 valence electrons. The smallest absolute Gasteiger partial charge is 0.183 e. The first-order chi connectivity index (χ1) is 10.7. The van der Waals surface area contributed by atoms with E-state index in [4.69, 9.17) is 0 Å². The number of ketones is 2. The van der Waals surface area contributed by atoms with Crippen LogP contribution in [0.2, 0.25) is 0 Å². The lowest BCUT2D eigenvalue weighted by atomic mass is 9.82. The van der Waals surface area contributed by atoms with Gasteiger partial charge in [0, 0.05) is 18.3 Å². The van der Waals surface area contributed by atoms with E-state index in [0.717, 1.165) is 24.1 Å². The fraction of sp³-hybridized carbons (Fsp3) is 0.500. The molecule has 2 heterocycles. The summed E-state index contributed by atoms with van der Waals surface area (Å²) < 4.78 is 1.96. The number of hydrogen-bond donors (Lipinski definition) is 0. The number of imidazole rings is 1. The number of nitrogens with zero attached hydrogens (tertiary/aromatic N) is 2. The molecule has 22 heavy (non-hydrogen) atoms. The van der Waals surface area contributed by atoms with Crippen LogP contribution in [0.1, 0.15) is 54.1 Å². The standard InChI is InChI=1S/C18H18N2O2/c21-16-7-11-5-12(16)6-15(11)18(22)17-14(10-1-2-10)4-3-13-8-19-9-20(13)17/h3-4,8-12,15H,1-2,5-7H2. The van der Waals surface area contributed by atoms with Crippen molar-refractivity contribution in [3.05, 3.63) is 35.9 Å². The van der Waals surface area contributed by atoms with Gasteiger partial charge >= 0.3 is 0 Å². The molecule has 3 aliphatic carbocycles. The lowest BCUT2D eigenvalue weighted by Gasteiger charge is -2.21. The molecule has 0 amide bonds. The minimum Gasteiger partial charge on any atom is -0.299 e. The van der Waals surface area contributed by atoms with E-state index in [9.17, 15) is 9.59 Å². The molecular weight excluding hydrogens is 276 g/mol. The van der Waals surface area contributed by atoms with Crippen molar-refractivity contribution in [1.82, 2.24) is 9.38 Å². The Kier molecular flexibility index (Phi) is 2.44. The number of hydrogen-bond acceptors (Lipinski definition) is 3. The largest absolute Gasteiger partial charge is 0.299 e. The molecule has 5 rings (SSSR count). The van der Waals surface area contributed by atoms with Gasteiger partial charge in [-0.3, -0.25) is 14.0 Å². The molecule has 3 aliphatic rings. The summed E-state index contributed by atoms with van der Waals surface area (Å²) >= 11 is 0. The molecular formula is C18H18N2O2. The van der Waals surface area contributed by atoms with Gasteiger partial charge in [0.05, 0.1) is 23.7 Å². The zero-order valence-electron chi connectivity index (χ0n) is 12.4. The summed E-state index contributed by atoms with van der Waals surface area (Å²) in [7, 11) is 0. The van der Waals surface area contributed by atoms with Crippen molar-refractivity contribution in [2.45, 2.75) is 38.0 Å². The van der Waals surface area contributed by atoms with Crippen molar-refractivity contribution in [2.75, 3.05) is 0 Å². The van der Waals surface area contributed by atoms with Crippen LogP contribution in [0.4, 0.5) is 0 Å². The molecule has 0 radical (unpaired) electrons. The summed E-state index contributed by atoms with van der Waals surface area (Å²) in [5.74, 6) is 1.60. The Hall–Kier alpha value is -1.97. The maximum atomic E-state index is 13.2. The summed E-state index contributed by atoms with van der Waals surface area (Å²) in [5, 5.41) is 0. The molecule has 3 unspecified atom stereocenters. The Morgan fingerprint density at radius 2 is 2.05 bits per heavy atom. The highest BCUT2D eigenvalue weighted by Gasteiger charge is 2.49. The molecule has 0 saturated heterocycles. The molecule has 3 saturated carbocycles. The van der Waals surface area contributed by atoms with E-state index in [1.54, 1.807) is 12.5 Å². The summed E-state index contributed by atoms with van der Waals surface area (Å²) in [4.78, 5) is 29.2. The van der Waals surface area contributed by atoms with Gasteiger partial charge in [-0.2, -0.15) is 0 Å². The maximum absolute atomic E-state index is 13.2. The van der Waals surface area contributed by atoms with E-state index in [2.05, 4.69) is 17.1 Å². The van der Waals surface area contributed by atoms with Crippen molar-refractivity contribution in [1.29, 1.82) is 0 Å². The van der Waals surface area contributed by atoms with Crippen LogP contribution in [0, 0.1) is 17.8 Å². The second kappa shape index (κ2) is 4.28. The number of carbonyl (C=O) groups is 2. The molecule has 2 aromatic rings. The lowest BCUT2D eigenvalue weighted by Crippen LogP contribution is -2.27. The zero-order valence-corrected chi connectivity index (χ0v) is 12.4. The first kappa shape index (κ1) is 12.6. The second-order valence-corrected chi connectivity index (χ2v) is 7.17. The fourth-order valence-corrected chi connectivity index (χ4v) is 4.53. The summed E-state index contributed by atoms with van der Waals surface area (Å²) in [6.45, 7) is 0. The predicted molar refractivity (Wildman–Crippen MR) is 80.8 cm³/mol. The van der Waals surface area contributed by atoms with E-state index >= 15 is 0 Å². The number of carbonyl (C=O) groups excluding carboxylic acids is 2. The van der Waals surface area contributed by atoms with Gasteiger partial charge < -0.3 is 0 Å². The summed E-state index contributed by atoms with van der Waals surface area (Å²) in [6.07, 6.45) is 8.21. The average molecular weight is 294 g/mol. The summed E-state index contributed by atoms with van der Waals surface area (Å²) in [5.41, 5.74) is 3.00. The van der Waals surface area contributed by atoms with Gasteiger partial charge in [0.15, 0.2) is 5.78 Å². The van der Waals surface area contributed by atoms with Crippen LogP contribution in [-0.2, 0) is 4.79 Å². The van der Waals surface area contributed by atoms with E-state index in [1.165, 1.54) is 18.4 Å². The van der Waals surface area contributed by atoms with Crippen LogP contribution < -0.4 is 0 Å². The Labute approximate surface area is 128 Å². The normalized spacial score (nSPS) is 30.4. The number of aromatic nitrogens is 2. The van der Waals surface area contributed by atoms with Gasteiger partial charge in [0.2, 0.25) is 0 Å². The molecule has 0 aromatic carbocycles. The third kappa shape index (κ3) is 1.67. The van der Waals surface area contributed by atoms with E-state index in [0.29, 0.717) is 18.1 Å². The van der Waals surface area contributed by atoms with Crippen molar-refractivity contribution >= 4 is 17.1 Å². The van der Waals surface area contributed by atoms with Crippen LogP contribution in [0.3, 0.4) is 0 Å². The quantitative estimate of drug-likeness (QED) is 0.818. The van der Waals surface area contributed by atoms with Crippen molar-refractivity contribution < 1.29 is 9.59 Å². The van der Waals surface area contributed by atoms with Gasteiger partial charge in [-0.25, -0.2) is 4.98 Å². The fourth-order valence-electron chi connectivity index (χ4n) is 4.53. The third-order valence-electron chi connectivity index (χ3n) is 5.82. The molecule has 4 heteroatoms. The van der Waals surface area contributed by atoms with Crippen LogP contribution in [0.25, 0.3) is 5.52 Å². The monoisotopic (exact) mass is 294 g/mol. The molecule has 2 bridgehead atoms. The highest BCUT2D eigenvalue weighted by atomic mass is 16.1. The Morgan fingerprint density at radius 3 is 2.73 bits per heavy atom. The van der Waals surface area contributed by atoms with Gasteiger partial charge in [-0.1, -0.05) is 6.07 Å². The Bertz CT molecular complexity index is 803. The minimum atomic E-state index is 0.0354. The molecule has 0 aliphatic heterocycles. The van der Waals surface area contributed by atoms with Gasteiger partial charge in [-0.15, -0.1) is 0 Å². The van der Waals surface area contributed by atoms with Gasteiger partial charge in [0.25, 0.3) is 0 Å². The molecule has 4 nitrogen and oxygen atoms in total.